The lowest BCUT2D eigenvalue weighted by atomic mass is 10.0. The Morgan fingerprint density at radius 3 is 2.56 bits per heavy atom. The number of carbonyl (C=O) groups excluding carboxylic acids is 1. The minimum absolute atomic E-state index is 0.0551. The summed E-state index contributed by atoms with van der Waals surface area (Å²) in [5.41, 5.74) is 0.958. The number of nitrogens with one attached hydrogen (secondary N) is 1. The maximum absolute atomic E-state index is 11.9. The molecule has 1 aliphatic carbocycles. The van der Waals surface area contributed by atoms with Crippen molar-refractivity contribution in [1.82, 2.24) is 5.32 Å². The predicted octanol–water partition coefficient (Wildman–Crippen LogP) is 2.42. The number of aliphatic hydroxyl groups is 1. The highest BCUT2D eigenvalue weighted by molar-refractivity contribution is 5.76. The molecule has 98 valence electrons. The number of rotatable bonds is 5. The molecule has 1 aromatic rings. The Morgan fingerprint density at radius 1 is 1.28 bits per heavy atom. The molecule has 0 spiro atoms. The van der Waals surface area contributed by atoms with Crippen LogP contribution in [0.15, 0.2) is 30.3 Å². The molecular formula is C15H21NO2. The molecule has 0 radical (unpaired) electrons. The van der Waals surface area contributed by atoms with E-state index in [1.807, 2.05) is 30.3 Å². The third-order valence-corrected chi connectivity index (χ3v) is 3.67. The molecule has 2 rings (SSSR count). The lowest BCUT2D eigenvalue weighted by Gasteiger charge is -2.18. The van der Waals surface area contributed by atoms with E-state index in [4.69, 9.17) is 0 Å². The van der Waals surface area contributed by atoms with Gasteiger partial charge in [0.1, 0.15) is 0 Å². The molecule has 0 aromatic heterocycles. The SMILES string of the molecule is O=C(CC1CCCC1)N[C@@H](CO)c1ccccc1. The van der Waals surface area contributed by atoms with Crippen LogP contribution in [0.1, 0.15) is 43.7 Å². The van der Waals surface area contributed by atoms with Gasteiger partial charge in [0.15, 0.2) is 0 Å². The van der Waals surface area contributed by atoms with Gasteiger partial charge in [-0.25, -0.2) is 0 Å². The summed E-state index contributed by atoms with van der Waals surface area (Å²) in [5, 5.41) is 12.3. The summed E-state index contributed by atoms with van der Waals surface area (Å²) in [6.07, 6.45) is 5.44. The highest BCUT2D eigenvalue weighted by Crippen LogP contribution is 2.27. The first-order valence-corrected chi connectivity index (χ1v) is 6.74. The first-order chi connectivity index (χ1) is 8.79. The Kier molecular flexibility index (Phi) is 4.76. The van der Waals surface area contributed by atoms with E-state index >= 15 is 0 Å². The molecular weight excluding hydrogens is 226 g/mol. The first kappa shape index (κ1) is 13.1. The van der Waals surface area contributed by atoms with E-state index in [1.165, 1.54) is 25.7 Å². The Balaban J connectivity index is 1.87. The number of carbonyl (C=O) groups is 1. The lowest BCUT2D eigenvalue weighted by molar-refractivity contribution is -0.123. The molecule has 1 atom stereocenters. The monoisotopic (exact) mass is 247 g/mol. The van der Waals surface area contributed by atoms with Crippen LogP contribution in [0, 0.1) is 5.92 Å². The summed E-state index contributed by atoms with van der Waals surface area (Å²) in [5.74, 6) is 0.602. The van der Waals surface area contributed by atoms with E-state index in [2.05, 4.69) is 5.32 Å². The zero-order valence-corrected chi connectivity index (χ0v) is 10.6. The highest BCUT2D eigenvalue weighted by atomic mass is 16.3. The molecule has 3 nitrogen and oxygen atoms in total. The van der Waals surface area contributed by atoms with Crippen molar-refractivity contribution in [3.8, 4) is 0 Å². The molecule has 0 aliphatic heterocycles. The van der Waals surface area contributed by atoms with E-state index in [1.54, 1.807) is 0 Å². The van der Waals surface area contributed by atoms with Gasteiger partial charge < -0.3 is 10.4 Å². The van der Waals surface area contributed by atoms with E-state index in [0.717, 1.165) is 5.56 Å². The van der Waals surface area contributed by atoms with Crippen LogP contribution in [0.2, 0.25) is 0 Å². The van der Waals surface area contributed by atoms with Gasteiger partial charge in [-0.3, -0.25) is 4.79 Å². The third-order valence-electron chi connectivity index (χ3n) is 3.67. The van der Waals surface area contributed by atoms with Crippen molar-refractivity contribution < 1.29 is 9.90 Å². The van der Waals surface area contributed by atoms with Crippen molar-refractivity contribution in [1.29, 1.82) is 0 Å². The van der Waals surface area contributed by atoms with Crippen LogP contribution in [0.25, 0.3) is 0 Å². The molecule has 0 unspecified atom stereocenters. The topological polar surface area (TPSA) is 49.3 Å². The summed E-state index contributed by atoms with van der Waals surface area (Å²) in [6.45, 7) is -0.0551. The summed E-state index contributed by atoms with van der Waals surface area (Å²) >= 11 is 0. The van der Waals surface area contributed by atoms with Crippen molar-refractivity contribution >= 4 is 5.91 Å². The molecule has 2 N–H and O–H groups in total. The second-order valence-corrected chi connectivity index (χ2v) is 5.07. The summed E-state index contributed by atoms with van der Waals surface area (Å²) in [4.78, 5) is 11.9. The molecule has 3 heteroatoms. The zero-order chi connectivity index (χ0) is 12.8. The molecule has 0 saturated heterocycles. The van der Waals surface area contributed by atoms with Crippen molar-refractivity contribution in [3.63, 3.8) is 0 Å². The number of hydrogen-bond donors (Lipinski definition) is 2. The number of benzene rings is 1. The third kappa shape index (κ3) is 3.57. The summed E-state index contributed by atoms with van der Waals surface area (Å²) in [6, 6.07) is 9.34. The van der Waals surface area contributed by atoms with Crippen molar-refractivity contribution in [2.45, 2.75) is 38.1 Å². The van der Waals surface area contributed by atoms with Gasteiger partial charge in [-0.2, -0.15) is 0 Å². The number of amides is 1. The second-order valence-electron chi connectivity index (χ2n) is 5.07. The number of aliphatic hydroxyl groups excluding tert-OH is 1. The van der Waals surface area contributed by atoms with Gasteiger partial charge in [-0.1, -0.05) is 43.2 Å². The molecule has 18 heavy (non-hydrogen) atoms. The lowest BCUT2D eigenvalue weighted by Crippen LogP contribution is -2.31. The molecule has 1 aromatic carbocycles. The fourth-order valence-electron chi connectivity index (χ4n) is 2.65. The molecule has 0 bridgehead atoms. The number of hydrogen-bond acceptors (Lipinski definition) is 2. The van der Waals surface area contributed by atoms with Crippen molar-refractivity contribution in [2.75, 3.05) is 6.61 Å². The van der Waals surface area contributed by atoms with Crippen molar-refractivity contribution in [3.05, 3.63) is 35.9 Å². The molecule has 1 saturated carbocycles. The van der Waals surface area contributed by atoms with Gasteiger partial charge in [-0.05, 0) is 24.3 Å². The smallest absolute Gasteiger partial charge is 0.220 e. The highest BCUT2D eigenvalue weighted by Gasteiger charge is 2.20. The van der Waals surface area contributed by atoms with E-state index < -0.39 is 0 Å². The Morgan fingerprint density at radius 2 is 1.94 bits per heavy atom. The van der Waals surface area contributed by atoms with Crippen LogP contribution in [-0.4, -0.2) is 17.6 Å². The standard InChI is InChI=1S/C15H21NO2/c17-11-14(13-8-2-1-3-9-13)16-15(18)10-12-6-4-5-7-12/h1-3,8-9,12,14,17H,4-7,10-11H2,(H,16,18)/t14-/m0/s1. The van der Waals surface area contributed by atoms with Crippen molar-refractivity contribution in [2.24, 2.45) is 5.92 Å². The molecule has 1 aliphatic rings. The van der Waals surface area contributed by atoms with Crippen LogP contribution in [-0.2, 0) is 4.79 Å². The van der Waals surface area contributed by atoms with Gasteiger partial charge in [0, 0.05) is 6.42 Å². The van der Waals surface area contributed by atoms with Gasteiger partial charge in [0.05, 0.1) is 12.6 Å². The second kappa shape index (κ2) is 6.55. The fourth-order valence-corrected chi connectivity index (χ4v) is 2.65. The Bertz CT molecular complexity index is 371. The van der Waals surface area contributed by atoms with Crippen LogP contribution < -0.4 is 5.32 Å². The zero-order valence-electron chi connectivity index (χ0n) is 10.6. The Hall–Kier alpha value is -1.35. The minimum atomic E-state index is -0.278. The van der Waals surface area contributed by atoms with E-state index in [9.17, 15) is 9.90 Å². The summed E-state index contributed by atoms with van der Waals surface area (Å²) < 4.78 is 0. The maximum Gasteiger partial charge on any atom is 0.220 e. The predicted molar refractivity (Wildman–Crippen MR) is 71.0 cm³/mol. The Labute approximate surface area is 108 Å². The van der Waals surface area contributed by atoms with Crippen LogP contribution in [0.5, 0.6) is 0 Å². The van der Waals surface area contributed by atoms with Gasteiger partial charge in [0.25, 0.3) is 0 Å². The van der Waals surface area contributed by atoms with Crippen LogP contribution in [0.4, 0.5) is 0 Å². The molecule has 1 fully saturated rings. The van der Waals surface area contributed by atoms with E-state index in [-0.39, 0.29) is 18.6 Å². The average Bonchev–Trinajstić information content (AvgIpc) is 2.90. The molecule has 0 heterocycles. The largest absolute Gasteiger partial charge is 0.394 e. The van der Waals surface area contributed by atoms with Crippen LogP contribution in [0.3, 0.4) is 0 Å². The molecule has 1 amide bonds. The quantitative estimate of drug-likeness (QED) is 0.839. The van der Waals surface area contributed by atoms with Gasteiger partial charge >= 0.3 is 0 Å². The van der Waals surface area contributed by atoms with E-state index in [0.29, 0.717) is 12.3 Å². The fraction of sp³-hybridized carbons (Fsp3) is 0.533. The maximum atomic E-state index is 11.9. The van der Waals surface area contributed by atoms with Gasteiger partial charge in [-0.15, -0.1) is 0 Å². The van der Waals surface area contributed by atoms with Gasteiger partial charge in [0.2, 0.25) is 5.91 Å². The normalized spacial score (nSPS) is 17.6. The summed E-state index contributed by atoms with van der Waals surface area (Å²) in [7, 11) is 0. The average molecular weight is 247 g/mol. The first-order valence-electron chi connectivity index (χ1n) is 6.74. The minimum Gasteiger partial charge on any atom is -0.394 e. The van der Waals surface area contributed by atoms with Crippen LogP contribution >= 0.6 is 0 Å².